The van der Waals surface area contributed by atoms with E-state index in [0.29, 0.717) is 28.2 Å². The third-order valence-electron chi connectivity index (χ3n) is 3.39. The van der Waals surface area contributed by atoms with Crippen LogP contribution >= 0.6 is 0 Å². The Bertz CT molecular complexity index is 739. The van der Waals surface area contributed by atoms with Crippen molar-refractivity contribution in [3.8, 4) is 11.5 Å². The summed E-state index contributed by atoms with van der Waals surface area (Å²) >= 11 is 0. The number of hydrogen-bond acceptors (Lipinski definition) is 5. The molecule has 2 aromatic carbocycles. The Kier molecular flexibility index (Phi) is 4.41. The number of ketones is 1. The second kappa shape index (κ2) is 6.26. The SMILES string of the molecule is COc1ccc(C(=O)c2cccc([N+](=O)[O-])c2C)cc1OC. The van der Waals surface area contributed by atoms with Gasteiger partial charge >= 0.3 is 0 Å². The van der Waals surface area contributed by atoms with Gasteiger partial charge in [0, 0.05) is 22.8 Å². The molecule has 114 valence electrons. The Balaban J connectivity index is 2.49. The molecule has 0 radical (unpaired) electrons. The van der Waals surface area contributed by atoms with Gasteiger partial charge in [0.2, 0.25) is 0 Å². The van der Waals surface area contributed by atoms with Crippen molar-refractivity contribution in [3.63, 3.8) is 0 Å². The van der Waals surface area contributed by atoms with Crippen LogP contribution in [0.5, 0.6) is 11.5 Å². The molecule has 0 bridgehead atoms. The summed E-state index contributed by atoms with van der Waals surface area (Å²) in [5.74, 6) is 0.633. The average Bonchev–Trinajstić information content (AvgIpc) is 2.53. The van der Waals surface area contributed by atoms with E-state index in [1.165, 1.54) is 26.4 Å². The number of hydrogen-bond donors (Lipinski definition) is 0. The molecule has 0 saturated heterocycles. The highest BCUT2D eigenvalue weighted by Gasteiger charge is 2.20. The topological polar surface area (TPSA) is 78.7 Å². The number of carbonyl (C=O) groups excluding carboxylic acids is 1. The van der Waals surface area contributed by atoms with Gasteiger partial charge in [-0.1, -0.05) is 12.1 Å². The molecule has 6 nitrogen and oxygen atoms in total. The first-order valence-corrected chi connectivity index (χ1v) is 6.50. The Hall–Kier alpha value is -2.89. The molecule has 0 unspecified atom stereocenters. The summed E-state index contributed by atoms with van der Waals surface area (Å²) in [7, 11) is 2.98. The fourth-order valence-electron chi connectivity index (χ4n) is 2.20. The summed E-state index contributed by atoms with van der Waals surface area (Å²) in [6, 6.07) is 9.22. The van der Waals surface area contributed by atoms with Gasteiger partial charge in [-0.2, -0.15) is 0 Å². The van der Waals surface area contributed by atoms with Crippen LogP contribution in [0.4, 0.5) is 5.69 Å². The van der Waals surface area contributed by atoms with Gasteiger partial charge in [0.1, 0.15) is 0 Å². The average molecular weight is 301 g/mol. The Morgan fingerprint density at radius 3 is 2.36 bits per heavy atom. The lowest BCUT2D eigenvalue weighted by Gasteiger charge is -2.10. The van der Waals surface area contributed by atoms with Crippen LogP contribution in [-0.2, 0) is 0 Å². The molecule has 0 aliphatic rings. The standard InChI is InChI=1S/C16H15NO5/c1-10-12(5-4-6-13(10)17(19)20)16(18)11-7-8-14(21-2)15(9-11)22-3/h4-9H,1-3H3. The van der Waals surface area contributed by atoms with Crippen molar-refractivity contribution in [2.24, 2.45) is 0 Å². The van der Waals surface area contributed by atoms with E-state index in [1.807, 2.05) is 0 Å². The minimum absolute atomic E-state index is 0.0775. The number of nitrogens with zero attached hydrogens (tertiary/aromatic N) is 1. The molecule has 2 aromatic rings. The highest BCUT2D eigenvalue weighted by atomic mass is 16.6. The quantitative estimate of drug-likeness (QED) is 0.481. The van der Waals surface area contributed by atoms with E-state index in [-0.39, 0.29) is 11.5 Å². The zero-order chi connectivity index (χ0) is 16.3. The highest BCUT2D eigenvalue weighted by molar-refractivity contribution is 6.10. The fraction of sp³-hybridized carbons (Fsp3) is 0.188. The fourth-order valence-corrected chi connectivity index (χ4v) is 2.20. The van der Waals surface area contributed by atoms with Crippen molar-refractivity contribution >= 4 is 11.5 Å². The second-order valence-electron chi connectivity index (χ2n) is 4.61. The van der Waals surface area contributed by atoms with Gasteiger partial charge < -0.3 is 9.47 Å². The van der Waals surface area contributed by atoms with E-state index in [9.17, 15) is 14.9 Å². The lowest BCUT2D eigenvalue weighted by Crippen LogP contribution is -2.06. The molecule has 0 amide bonds. The van der Waals surface area contributed by atoms with Gasteiger partial charge in [-0.25, -0.2) is 0 Å². The summed E-state index contributed by atoms with van der Waals surface area (Å²) < 4.78 is 10.3. The lowest BCUT2D eigenvalue weighted by molar-refractivity contribution is -0.385. The van der Waals surface area contributed by atoms with E-state index in [1.54, 1.807) is 31.2 Å². The highest BCUT2D eigenvalue weighted by Crippen LogP contribution is 2.30. The number of benzene rings is 2. The van der Waals surface area contributed by atoms with Crippen LogP contribution in [0.3, 0.4) is 0 Å². The van der Waals surface area contributed by atoms with Gasteiger partial charge in [-0.3, -0.25) is 14.9 Å². The Morgan fingerprint density at radius 1 is 1.09 bits per heavy atom. The second-order valence-corrected chi connectivity index (χ2v) is 4.61. The van der Waals surface area contributed by atoms with Crippen molar-refractivity contribution in [2.45, 2.75) is 6.92 Å². The van der Waals surface area contributed by atoms with E-state index in [0.717, 1.165) is 0 Å². The molecule has 0 atom stereocenters. The van der Waals surface area contributed by atoms with Crippen LogP contribution in [0.2, 0.25) is 0 Å². The third kappa shape index (κ3) is 2.76. The van der Waals surface area contributed by atoms with Gasteiger partial charge in [-0.05, 0) is 25.1 Å². The van der Waals surface area contributed by atoms with E-state index < -0.39 is 4.92 Å². The predicted octanol–water partition coefficient (Wildman–Crippen LogP) is 3.15. The zero-order valence-corrected chi connectivity index (χ0v) is 12.5. The number of rotatable bonds is 5. The Morgan fingerprint density at radius 2 is 1.77 bits per heavy atom. The predicted molar refractivity (Wildman–Crippen MR) is 80.8 cm³/mol. The molecule has 0 heterocycles. The summed E-state index contributed by atoms with van der Waals surface area (Å²) in [6.07, 6.45) is 0. The van der Waals surface area contributed by atoms with E-state index >= 15 is 0 Å². The summed E-state index contributed by atoms with van der Waals surface area (Å²) in [5.41, 5.74) is 0.932. The zero-order valence-electron chi connectivity index (χ0n) is 12.5. The summed E-state index contributed by atoms with van der Waals surface area (Å²) in [5, 5.41) is 11.0. The molecule has 0 aromatic heterocycles. The van der Waals surface area contributed by atoms with Crippen LogP contribution in [0, 0.1) is 17.0 Å². The normalized spacial score (nSPS) is 10.1. The molecule has 22 heavy (non-hydrogen) atoms. The molecule has 2 rings (SSSR count). The van der Waals surface area contributed by atoms with Crippen molar-refractivity contribution in [3.05, 3.63) is 63.2 Å². The smallest absolute Gasteiger partial charge is 0.273 e. The van der Waals surface area contributed by atoms with Crippen LogP contribution in [0.25, 0.3) is 0 Å². The third-order valence-corrected chi connectivity index (χ3v) is 3.39. The molecule has 6 heteroatoms. The summed E-state index contributed by atoms with van der Waals surface area (Å²) in [6.45, 7) is 1.56. The maximum absolute atomic E-state index is 12.6. The monoisotopic (exact) mass is 301 g/mol. The first-order chi connectivity index (χ1) is 10.5. The molecule has 0 spiro atoms. The maximum Gasteiger partial charge on any atom is 0.273 e. The number of nitro groups is 1. The van der Waals surface area contributed by atoms with Crippen molar-refractivity contribution in [1.29, 1.82) is 0 Å². The molecule has 0 aliphatic heterocycles. The number of nitro benzene ring substituents is 1. The molecule has 0 N–H and O–H groups in total. The van der Waals surface area contributed by atoms with Crippen LogP contribution in [-0.4, -0.2) is 24.9 Å². The largest absolute Gasteiger partial charge is 0.493 e. The number of methoxy groups -OCH3 is 2. The van der Waals surface area contributed by atoms with Crippen LogP contribution in [0.1, 0.15) is 21.5 Å². The van der Waals surface area contributed by atoms with Crippen molar-refractivity contribution in [2.75, 3.05) is 14.2 Å². The minimum Gasteiger partial charge on any atom is -0.493 e. The summed E-state index contributed by atoms with van der Waals surface area (Å²) in [4.78, 5) is 23.1. The molecule has 0 aliphatic carbocycles. The number of carbonyl (C=O) groups is 1. The van der Waals surface area contributed by atoms with Crippen molar-refractivity contribution in [1.82, 2.24) is 0 Å². The van der Waals surface area contributed by atoms with Crippen molar-refractivity contribution < 1.29 is 19.2 Å². The van der Waals surface area contributed by atoms with Gasteiger partial charge in [0.25, 0.3) is 5.69 Å². The van der Waals surface area contributed by atoms with Crippen LogP contribution < -0.4 is 9.47 Å². The maximum atomic E-state index is 12.6. The lowest BCUT2D eigenvalue weighted by atomic mass is 9.98. The van der Waals surface area contributed by atoms with E-state index in [2.05, 4.69) is 0 Å². The van der Waals surface area contributed by atoms with Gasteiger partial charge in [0.05, 0.1) is 19.1 Å². The molecular weight excluding hydrogens is 286 g/mol. The van der Waals surface area contributed by atoms with Gasteiger partial charge in [0.15, 0.2) is 17.3 Å². The first-order valence-electron chi connectivity index (χ1n) is 6.50. The van der Waals surface area contributed by atoms with E-state index in [4.69, 9.17) is 9.47 Å². The first kappa shape index (κ1) is 15.5. The van der Waals surface area contributed by atoms with Crippen LogP contribution in [0.15, 0.2) is 36.4 Å². The number of ether oxygens (including phenoxy) is 2. The van der Waals surface area contributed by atoms with Gasteiger partial charge in [-0.15, -0.1) is 0 Å². The Labute approximate surface area is 127 Å². The molecular formula is C16H15NO5. The minimum atomic E-state index is -0.499. The molecule has 0 fully saturated rings. The molecule has 0 saturated carbocycles.